The molecule has 1 aromatic heterocycles. The molecule has 0 aliphatic carbocycles. The highest BCUT2D eigenvalue weighted by Crippen LogP contribution is 2.36. The molecule has 0 spiro atoms. The van der Waals surface area contributed by atoms with Gasteiger partial charge in [-0.15, -0.1) is 0 Å². The summed E-state index contributed by atoms with van der Waals surface area (Å²) in [6, 6.07) is 9.44. The van der Waals surface area contributed by atoms with Crippen molar-refractivity contribution in [3.8, 4) is 0 Å². The molecular weight excluding hydrogens is 400 g/mol. The van der Waals surface area contributed by atoms with E-state index in [4.69, 9.17) is 4.74 Å². The normalized spacial score (nSPS) is 16.2. The van der Waals surface area contributed by atoms with Crippen LogP contribution in [0.25, 0.3) is 0 Å². The van der Waals surface area contributed by atoms with E-state index >= 15 is 0 Å². The first-order valence-corrected chi connectivity index (χ1v) is 11.3. The number of aromatic nitrogens is 2. The van der Waals surface area contributed by atoms with E-state index in [0.29, 0.717) is 32.4 Å². The number of anilines is 1. The first-order valence-electron chi connectivity index (χ1n) is 10.3. The Morgan fingerprint density at radius 1 is 1.23 bits per heavy atom. The highest BCUT2D eigenvalue weighted by molar-refractivity contribution is 7.97. The molecule has 0 atom stereocenters. The molecule has 0 radical (unpaired) electrons. The third kappa shape index (κ3) is 4.70. The van der Waals surface area contributed by atoms with E-state index < -0.39 is 5.54 Å². The van der Waals surface area contributed by atoms with Gasteiger partial charge in [-0.2, -0.15) is 0 Å². The number of esters is 1. The van der Waals surface area contributed by atoms with Crippen molar-refractivity contribution in [3.05, 3.63) is 48.5 Å². The Hall–Kier alpha value is -2.32. The summed E-state index contributed by atoms with van der Waals surface area (Å²) in [5, 5.41) is 0. The number of nitrogens with zero attached hydrogens (tertiary/aromatic N) is 4. The maximum atomic E-state index is 13.0. The van der Waals surface area contributed by atoms with Gasteiger partial charge in [0.2, 0.25) is 5.91 Å². The van der Waals surface area contributed by atoms with E-state index in [9.17, 15) is 9.59 Å². The monoisotopic (exact) mass is 430 g/mol. The maximum absolute atomic E-state index is 13.0. The van der Waals surface area contributed by atoms with Gasteiger partial charge in [-0.3, -0.25) is 14.0 Å². The van der Waals surface area contributed by atoms with Crippen LogP contribution < -0.4 is 4.90 Å². The number of benzene rings is 1. The minimum absolute atomic E-state index is 0.0671. The number of aryl methyl sites for hydroxylation is 2. The van der Waals surface area contributed by atoms with Crippen molar-refractivity contribution in [2.75, 3.05) is 30.9 Å². The van der Waals surface area contributed by atoms with Crippen LogP contribution in [0, 0.1) is 0 Å². The molecule has 1 aromatic carbocycles. The maximum Gasteiger partial charge on any atom is 0.332 e. The van der Waals surface area contributed by atoms with E-state index in [1.807, 2.05) is 61.3 Å². The molecule has 8 heteroatoms. The smallest absolute Gasteiger partial charge is 0.332 e. The molecule has 1 amide bonds. The van der Waals surface area contributed by atoms with Crippen molar-refractivity contribution in [2.24, 2.45) is 7.05 Å². The summed E-state index contributed by atoms with van der Waals surface area (Å²) in [4.78, 5) is 32.0. The number of hydrogen-bond acceptors (Lipinski definition) is 6. The van der Waals surface area contributed by atoms with Crippen LogP contribution in [-0.2, 0) is 27.8 Å². The van der Waals surface area contributed by atoms with Gasteiger partial charge in [0.25, 0.3) is 0 Å². The van der Waals surface area contributed by atoms with E-state index in [0.717, 1.165) is 23.7 Å². The summed E-state index contributed by atoms with van der Waals surface area (Å²) in [6.45, 7) is 3.24. The molecule has 1 saturated heterocycles. The predicted molar refractivity (Wildman–Crippen MR) is 119 cm³/mol. The number of imidazole rings is 1. The van der Waals surface area contributed by atoms with Crippen molar-refractivity contribution in [3.63, 3.8) is 0 Å². The summed E-state index contributed by atoms with van der Waals surface area (Å²) >= 11 is 1.77. The van der Waals surface area contributed by atoms with Gasteiger partial charge >= 0.3 is 5.97 Å². The zero-order chi connectivity index (χ0) is 21.6. The summed E-state index contributed by atoms with van der Waals surface area (Å²) in [5.41, 5.74) is -0.231. The van der Waals surface area contributed by atoms with Crippen LogP contribution in [0.5, 0.6) is 0 Å². The van der Waals surface area contributed by atoms with E-state index in [-0.39, 0.29) is 11.9 Å². The molecule has 0 N–H and O–H groups in total. The van der Waals surface area contributed by atoms with Crippen molar-refractivity contribution in [2.45, 2.75) is 38.1 Å². The van der Waals surface area contributed by atoms with E-state index in [1.54, 1.807) is 16.8 Å². The summed E-state index contributed by atoms with van der Waals surface area (Å²) in [6.07, 6.45) is 6.06. The number of para-hydroxylation sites is 1. The van der Waals surface area contributed by atoms with E-state index in [2.05, 4.69) is 9.29 Å². The Bertz CT molecular complexity index is 847. The van der Waals surface area contributed by atoms with Gasteiger partial charge in [0.1, 0.15) is 11.4 Å². The number of carbonyl (C=O) groups excluding carboxylic acids is 2. The molecule has 7 nitrogen and oxygen atoms in total. The van der Waals surface area contributed by atoms with Crippen molar-refractivity contribution in [1.82, 2.24) is 13.9 Å². The van der Waals surface area contributed by atoms with Gasteiger partial charge in [-0.05, 0) is 25.0 Å². The number of carbonyl (C=O) groups is 2. The average Bonchev–Trinajstić information content (AvgIpc) is 3.19. The Balaban J connectivity index is 1.72. The van der Waals surface area contributed by atoms with Gasteiger partial charge in [-0.1, -0.05) is 37.1 Å². The second-order valence-corrected chi connectivity index (χ2v) is 8.59. The fourth-order valence-electron chi connectivity index (χ4n) is 3.96. The Morgan fingerprint density at radius 3 is 2.50 bits per heavy atom. The molecule has 30 heavy (non-hydrogen) atoms. The zero-order valence-electron chi connectivity index (χ0n) is 17.9. The highest BCUT2D eigenvalue weighted by atomic mass is 32.2. The number of methoxy groups -OCH3 is 1. The third-order valence-electron chi connectivity index (χ3n) is 5.63. The fraction of sp³-hybridized carbons (Fsp3) is 0.500. The van der Waals surface area contributed by atoms with E-state index in [1.165, 1.54) is 7.11 Å². The minimum Gasteiger partial charge on any atom is -0.467 e. The molecule has 1 aliphatic rings. The fourth-order valence-corrected chi connectivity index (χ4v) is 4.94. The van der Waals surface area contributed by atoms with Gasteiger partial charge in [-0.25, -0.2) is 9.78 Å². The summed E-state index contributed by atoms with van der Waals surface area (Å²) in [5.74, 6) is 1.58. The average molecular weight is 431 g/mol. The molecule has 1 aliphatic heterocycles. The van der Waals surface area contributed by atoms with Crippen LogP contribution in [0.4, 0.5) is 5.69 Å². The lowest BCUT2D eigenvalue weighted by atomic mass is 9.85. The van der Waals surface area contributed by atoms with Gasteiger partial charge in [0.15, 0.2) is 0 Å². The van der Waals surface area contributed by atoms with Crippen LogP contribution >= 0.6 is 11.9 Å². The third-order valence-corrected chi connectivity index (χ3v) is 6.75. The standard InChI is InChI=1S/C22H30N4O3S/c1-4-20(27)26(18-8-6-5-7-9-18)22(21(28)29-3)11-14-25(15-12-22)30-17-10-19-23-13-16-24(19)2/h5-9,13,16H,4,10-12,14-15,17H2,1-3H3. The molecule has 2 aromatic rings. The molecule has 0 saturated carbocycles. The molecule has 2 heterocycles. The summed E-state index contributed by atoms with van der Waals surface area (Å²) < 4.78 is 9.52. The van der Waals surface area contributed by atoms with Crippen molar-refractivity contribution >= 4 is 29.5 Å². The number of piperidine rings is 1. The van der Waals surface area contributed by atoms with Crippen LogP contribution in [-0.4, -0.2) is 57.2 Å². The zero-order valence-corrected chi connectivity index (χ0v) is 18.7. The van der Waals surface area contributed by atoms with Gasteiger partial charge in [0, 0.05) is 56.8 Å². The quantitative estimate of drug-likeness (QED) is 0.474. The lowest BCUT2D eigenvalue weighted by Crippen LogP contribution is -2.62. The lowest BCUT2D eigenvalue weighted by molar-refractivity contribution is -0.150. The number of amides is 1. The largest absolute Gasteiger partial charge is 0.467 e. The van der Waals surface area contributed by atoms with Crippen LogP contribution in [0.15, 0.2) is 42.7 Å². The highest BCUT2D eigenvalue weighted by Gasteiger charge is 2.49. The Labute approximate surface area is 182 Å². The van der Waals surface area contributed by atoms with Crippen LogP contribution in [0.2, 0.25) is 0 Å². The lowest BCUT2D eigenvalue weighted by Gasteiger charge is -2.46. The minimum atomic E-state index is -0.972. The number of ether oxygens (including phenoxy) is 1. The molecule has 1 fully saturated rings. The Kier molecular flexibility index (Phi) is 7.55. The molecular formula is C22H30N4O3S. The summed E-state index contributed by atoms with van der Waals surface area (Å²) in [7, 11) is 3.40. The molecule has 0 unspecified atom stereocenters. The first kappa shape index (κ1) is 22.4. The van der Waals surface area contributed by atoms with Crippen LogP contribution in [0.1, 0.15) is 32.0 Å². The first-order chi connectivity index (χ1) is 14.5. The second-order valence-electron chi connectivity index (χ2n) is 7.41. The molecule has 3 rings (SSSR count). The SMILES string of the molecule is CCC(=O)N(c1ccccc1)C1(C(=O)OC)CCN(SCCc2nccn2C)CC1. The predicted octanol–water partition coefficient (Wildman–Crippen LogP) is 3.06. The second kappa shape index (κ2) is 10.1. The molecule has 0 bridgehead atoms. The van der Waals surface area contributed by atoms with Gasteiger partial charge < -0.3 is 9.30 Å². The topological polar surface area (TPSA) is 67.7 Å². The number of rotatable bonds is 8. The van der Waals surface area contributed by atoms with Crippen molar-refractivity contribution in [1.29, 1.82) is 0 Å². The molecule has 162 valence electrons. The number of hydrogen-bond donors (Lipinski definition) is 0. The van der Waals surface area contributed by atoms with Gasteiger partial charge in [0.05, 0.1) is 7.11 Å². The van der Waals surface area contributed by atoms with Crippen molar-refractivity contribution < 1.29 is 14.3 Å². The Morgan fingerprint density at radius 2 is 1.93 bits per heavy atom. The van der Waals surface area contributed by atoms with Crippen LogP contribution in [0.3, 0.4) is 0 Å².